The first kappa shape index (κ1) is 11.4. The van der Waals surface area contributed by atoms with Crippen molar-refractivity contribution in [1.29, 1.82) is 0 Å². The van der Waals surface area contributed by atoms with Gasteiger partial charge in [-0.25, -0.2) is 0 Å². The Kier molecular flexibility index (Phi) is 3.33. The number of hydrogen-bond donors (Lipinski definition) is 1. The minimum Gasteiger partial charge on any atom is -0.486 e. The van der Waals surface area contributed by atoms with E-state index in [1.807, 2.05) is 36.4 Å². The lowest BCUT2D eigenvalue weighted by atomic mass is 10.2. The normalized spacial score (nSPS) is 14.7. The zero-order valence-corrected chi connectivity index (χ0v) is 10.3. The molecule has 1 N–H and O–H groups in total. The minimum absolute atomic E-state index is 0.485. The maximum atomic E-state index is 5.69. The van der Waals surface area contributed by atoms with Gasteiger partial charge in [0.25, 0.3) is 0 Å². The topological polar surface area (TPSA) is 34.4 Å². The summed E-state index contributed by atoms with van der Waals surface area (Å²) in [6.07, 6.45) is 4.33. The fourth-order valence-electron chi connectivity index (χ4n) is 1.86. The van der Waals surface area contributed by atoms with Crippen molar-refractivity contribution in [3.63, 3.8) is 0 Å². The maximum absolute atomic E-state index is 5.69. The van der Waals surface area contributed by atoms with Crippen LogP contribution in [0.15, 0.2) is 47.1 Å². The average molecular weight is 243 g/mol. The van der Waals surface area contributed by atoms with Crippen LogP contribution >= 0.6 is 0 Å². The van der Waals surface area contributed by atoms with Gasteiger partial charge < -0.3 is 14.5 Å². The molecule has 0 radical (unpaired) electrons. The molecule has 0 bridgehead atoms. The number of benzene rings is 1. The van der Waals surface area contributed by atoms with Crippen LogP contribution in [0.2, 0.25) is 0 Å². The molecule has 3 rings (SSSR count). The second-order valence-corrected chi connectivity index (χ2v) is 4.63. The predicted octanol–water partition coefficient (Wildman–Crippen LogP) is 3.11. The fraction of sp³-hybridized carbons (Fsp3) is 0.333. The highest BCUT2D eigenvalue weighted by molar-refractivity contribution is 5.22. The monoisotopic (exact) mass is 243 g/mol. The number of ether oxygens (including phenoxy) is 1. The van der Waals surface area contributed by atoms with Crippen molar-refractivity contribution in [2.75, 3.05) is 0 Å². The summed E-state index contributed by atoms with van der Waals surface area (Å²) in [6.45, 7) is 1.35. The molecule has 1 aromatic carbocycles. The van der Waals surface area contributed by atoms with Gasteiger partial charge in [-0.15, -0.1) is 0 Å². The van der Waals surface area contributed by atoms with Gasteiger partial charge >= 0.3 is 0 Å². The first-order valence-corrected chi connectivity index (χ1v) is 6.38. The number of hydrogen-bond acceptors (Lipinski definition) is 3. The van der Waals surface area contributed by atoms with E-state index >= 15 is 0 Å². The second kappa shape index (κ2) is 5.27. The van der Waals surface area contributed by atoms with Gasteiger partial charge in [-0.05, 0) is 31.0 Å². The maximum Gasteiger partial charge on any atom is 0.146 e. The summed E-state index contributed by atoms with van der Waals surface area (Å²) in [4.78, 5) is 0. The van der Waals surface area contributed by atoms with Gasteiger partial charge in [0, 0.05) is 18.2 Å². The summed E-state index contributed by atoms with van der Waals surface area (Å²) >= 11 is 0. The van der Waals surface area contributed by atoms with Gasteiger partial charge in [-0.2, -0.15) is 0 Å². The Morgan fingerprint density at radius 1 is 1.17 bits per heavy atom. The molecule has 0 unspecified atom stereocenters. The fourth-order valence-corrected chi connectivity index (χ4v) is 1.86. The standard InChI is InChI=1S/C15H17NO2/c1-2-4-14(5-3-1)18-11-15-12(8-9-17-15)10-16-13-6-7-13/h1-5,8-9,13,16H,6-7,10-11H2. The summed E-state index contributed by atoms with van der Waals surface area (Å²) < 4.78 is 11.2. The largest absolute Gasteiger partial charge is 0.486 e. The highest BCUT2D eigenvalue weighted by atomic mass is 16.5. The molecule has 2 aromatic rings. The zero-order valence-electron chi connectivity index (χ0n) is 10.3. The van der Waals surface area contributed by atoms with E-state index < -0.39 is 0 Å². The molecule has 1 saturated carbocycles. The van der Waals surface area contributed by atoms with E-state index in [9.17, 15) is 0 Å². The van der Waals surface area contributed by atoms with Crippen LogP contribution in [0, 0.1) is 0 Å². The third kappa shape index (κ3) is 2.93. The SMILES string of the molecule is c1ccc(OCc2occc2CNC2CC2)cc1. The lowest BCUT2D eigenvalue weighted by Crippen LogP contribution is -2.16. The molecule has 18 heavy (non-hydrogen) atoms. The highest BCUT2D eigenvalue weighted by Gasteiger charge is 2.20. The van der Waals surface area contributed by atoms with Crippen molar-refractivity contribution in [3.8, 4) is 5.75 Å². The molecule has 0 saturated heterocycles. The van der Waals surface area contributed by atoms with E-state index in [2.05, 4.69) is 5.32 Å². The molecule has 1 aliphatic carbocycles. The van der Waals surface area contributed by atoms with Crippen molar-refractivity contribution < 1.29 is 9.15 Å². The van der Waals surface area contributed by atoms with E-state index in [1.165, 1.54) is 18.4 Å². The van der Waals surface area contributed by atoms with E-state index in [4.69, 9.17) is 9.15 Å². The molecule has 0 atom stereocenters. The quantitative estimate of drug-likeness (QED) is 0.846. The molecule has 0 spiro atoms. The Labute approximate surface area is 107 Å². The predicted molar refractivity (Wildman–Crippen MR) is 69.3 cm³/mol. The van der Waals surface area contributed by atoms with Gasteiger partial charge in [0.1, 0.15) is 18.1 Å². The molecule has 1 fully saturated rings. The van der Waals surface area contributed by atoms with E-state index in [0.29, 0.717) is 12.6 Å². The molecular weight excluding hydrogens is 226 g/mol. The lowest BCUT2D eigenvalue weighted by Gasteiger charge is -2.06. The van der Waals surface area contributed by atoms with Gasteiger partial charge in [-0.3, -0.25) is 0 Å². The van der Waals surface area contributed by atoms with Gasteiger partial charge in [-0.1, -0.05) is 18.2 Å². The van der Waals surface area contributed by atoms with Crippen LogP contribution in [-0.2, 0) is 13.2 Å². The van der Waals surface area contributed by atoms with Crippen molar-refractivity contribution in [2.45, 2.75) is 32.0 Å². The summed E-state index contributed by atoms with van der Waals surface area (Å²) in [7, 11) is 0. The first-order valence-electron chi connectivity index (χ1n) is 6.38. The number of para-hydroxylation sites is 1. The molecule has 1 heterocycles. The van der Waals surface area contributed by atoms with Crippen LogP contribution in [0.1, 0.15) is 24.2 Å². The molecule has 94 valence electrons. The summed E-state index contributed by atoms with van der Waals surface area (Å²) in [5.41, 5.74) is 1.19. The van der Waals surface area contributed by atoms with Crippen LogP contribution < -0.4 is 10.1 Å². The first-order chi connectivity index (χ1) is 8.92. The average Bonchev–Trinajstić information content (AvgIpc) is 3.14. The van der Waals surface area contributed by atoms with Crippen molar-refractivity contribution in [2.24, 2.45) is 0 Å². The Hall–Kier alpha value is -1.74. The van der Waals surface area contributed by atoms with Crippen LogP contribution in [0.5, 0.6) is 5.75 Å². The van der Waals surface area contributed by atoms with Gasteiger partial charge in [0.15, 0.2) is 0 Å². The zero-order chi connectivity index (χ0) is 12.2. The van der Waals surface area contributed by atoms with E-state index in [1.54, 1.807) is 6.26 Å². The van der Waals surface area contributed by atoms with Crippen molar-refractivity contribution in [1.82, 2.24) is 5.32 Å². The summed E-state index contributed by atoms with van der Waals surface area (Å²) in [5.74, 6) is 1.78. The second-order valence-electron chi connectivity index (χ2n) is 4.63. The van der Waals surface area contributed by atoms with Gasteiger partial charge in [0.05, 0.1) is 6.26 Å². The van der Waals surface area contributed by atoms with E-state index in [-0.39, 0.29) is 0 Å². The number of rotatable bonds is 6. The number of nitrogens with one attached hydrogen (secondary N) is 1. The minimum atomic E-state index is 0.485. The van der Waals surface area contributed by atoms with Crippen LogP contribution in [0.3, 0.4) is 0 Å². The third-order valence-corrected chi connectivity index (χ3v) is 3.11. The lowest BCUT2D eigenvalue weighted by molar-refractivity contribution is 0.268. The third-order valence-electron chi connectivity index (χ3n) is 3.11. The highest BCUT2D eigenvalue weighted by Crippen LogP contribution is 2.21. The van der Waals surface area contributed by atoms with E-state index in [0.717, 1.165) is 18.1 Å². The smallest absolute Gasteiger partial charge is 0.146 e. The Morgan fingerprint density at radius 3 is 2.78 bits per heavy atom. The summed E-state index contributed by atoms with van der Waals surface area (Å²) in [5, 5.41) is 3.48. The van der Waals surface area contributed by atoms with Crippen LogP contribution in [-0.4, -0.2) is 6.04 Å². The molecule has 0 amide bonds. The Balaban J connectivity index is 1.56. The van der Waals surface area contributed by atoms with Crippen molar-refractivity contribution in [3.05, 3.63) is 54.0 Å². The van der Waals surface area contributed by atoms with Gasteiger partial charge in [0.2, 0.25) is 0 Å². The molecule has 1 aromatic heterocycles. The number of furan rings is 1. The molecule has 3 heteroatoms. The summed E-state index contributed by atoms with van der Waals surface area (Å²) in [6, 6.07) is 12.5. The molecule has 1 aliphatic rings. The molecular formula is C15H17NO2. The Bertz CT molecular complexity index is 488. The Morgan fingerprint density at radius 2 is 2.00 bits per heavy atom. The van der Waals surface area contributed by atoms with Crippen LogP contribution in [0.25, 0.3) is 0 Å². The van der Waals surface area contributed by atoms with Crippen molar-refractivity contribution >= 4 is 0 Å². The van der Waals surface area contributed by atoms with Crippen LogP contribution in [0.4, 0.5) is 0 Å². The molecule has 3 nitrogen and oxygen atoms in total. The molecule has 0 aliphatic heterocycles.